The molecule has 1 aromatic heterocycles. The lowest BCUT2D eigenvalue weighted by atomic mass is 9.76. The summed E-state index contributed by atoms with van der Waals surface area (Å²) in [6, 6.07) is 10.3. The minimum atomic E-state index is -3.29. The molecule has 0 unspecified atom stereocenters. The van der Waals surface area contributed by atoms with Crippen molar-refractivity contribution in [3.8, 4) is 11.1 Å². The number of sulfonamides is 1. The minimum Gasteiger partial charge on any atom is -0.256 e. The minimum absolute atomic E-state index is 0.141. The molecule has 0 spiro atoms. The van der Waals surface area contributed by atoms with Crippen LogP contribution in [0.25, 0.3) is 17.2 Å². The van der Waals surface area contributed by atoms with Crippen LogP contribution in [0, 0.1) is 23.6 Å². The highest BCUT2D eigenvalue weighted by Gasteiger charge is 2.50. The number of fused-ring (bicyclic) bond motifs is 1. The molecule has 2 aromatic rings. The molecule has 0 saturated heterocycles. The zero-order chi connectivity index (χ0) is 21.4. The molecule has 1 N–H and O–H groups in total. The van der Waals surface area contributed by atoms with Gasteiger partial charge >= 0.3 is 0 Å². The van der Waals surface area contributed by atoms with E-state index in [1.807, 2.05) is 31.2 Å². The molecule has 160 valence electrons. The van der Waals surface area contributed by atoms with Gasteiger partial charge in [0.1, 0.15) is 5.82 Å². The fourth-order valence-corrected chi connectivity index (χ4v) is 6.62. The molecule has 4 atom stereocenters. The Bertz CT molecular complexity index is 1040. The first-order chi connectivity index (χ1) is 14.2. The first-order valence-corrected chi connectivity index (χ1v) is 12.5. The predicted molar refractivity (Wildman–Crippen MR) is 119 cm³/mol. The van der Waals surface area contributed by atoms with Crippen LogP contribution in [0.5, 0.6) is 0 Å². The Balaban J connectivity index is 1.57. The first-order valence-electron chi connectivity index (χ1n) is 10.6. The van der Waals surface area contributed by atoms with Gasteiger partial charge in [-0.05, 0) is 67.4 Å². The van der Waals surface area contributed by atoms with Gasteiger partial charge < -0.3 is 0 Å². The monoisotopic (exact) mass is 428 g/mol. The molecule has 6 heteroatoms. The van der Waals surface area contributed by atoms with Gasteiger partial charge in [0.15, 0.2) is 0 Å². The van der Waals surface area contributed by atoms with Gasteiger partial charge in [-0.3, -0.25) is 4.98 Å². The van der Waals surface area contributed by atoms with Crippen LogP contribution in [0.1, 0.15) is 44.7 Å². The van der Waals surface area contributed by atoms with Gasteiger partial charge in [-0.25, -0.2) is 17.5 Å². The average Bonchev–Trinajstić information content (AvgIpc) is 2.95. The molecular weight excluding hydrogens is 399 g/mol. The third-order valence-corrected chi connectivity index (χ3v) is 7.53. The van der Waals surface area contributed by atoms with Crippen LogP contribution in [0.4, 0.5) is 4.39 Å². The molecule has 1 aromatic carbocycles. The highest BCUT2D eigenvalue weighted by molar-refractivity contribution is 7.88. The van der Waals surface area contributed by atoms with E-state index in [2.05, 4.69) is 15.8 Å². The summed E-state index contributed by atoms with van der Waals surface area (Å²) in [5.41, 5.74) is 2.01. The van der Waals surface area contributed by atoms with Crippen LogP contribution in [-0.2, 0) is 10.0 Å². The quantitative estimate of drug-likeness (QED) is 0.726. The van der Waals surface area contributed by atoms with E-state index in [1.54, 1.807) is 12.3 Å². The smallest absolute Gasteiger partial charge is 0.209 e. The fourth-order valence-electron chi connectivity index (χ4n) is 5.55. The first kappa shape index (κ1) is 21.2. The number of benzene rings is 1. The second-order valence-corrected chi connectivity index (χ2v) is 10.8. The lowest BCUT2D eigenvalue weighted by molar-refractivity contribution is 0.242. The van der Waals surface area contributed by atoms with Crippen molar-refractivity contribution >= 4 is 16.1 Å². The number of hydrogen-bond donors (Lipinski definition) is 1. The Kier molecular flexibility index (Phi) is 5.82. The second kappa shape index (κ2) is 8.23. The van der Waals surface area contributed by atoms with E-state index in [1.165, 1.54) is 37.7 Å². The summed E-state index contributed by atoms with van der Waals surface area (Å²) < 4.78 is 40.5. The van der Waals surface area contributed by atoms with Crippen LogP contribution >= 0.6 is 0 Å². The zero-order valence-corrected chi connectivity index (χ0v) is 18.3. The number of nitrogens with one attached hydrogen (secondary N) is 1. The van der Waals surface area contributed by atoms with Gasteiger partial charge in [-0.2, -0.15) is 0 Å². The van der Waals surface area contributed by atoms with Gasteiger partial charge in [0.2, 0.25) is 10.0 Å². The molecule has 4 rings (SSSR count). The predicted octanol–water partition coefficient (Wildman–Crippen LogP) is 5.04. The number of pyridine rings is 1. The van der Waals surface area contributed by atoms with Crippen LogP contribution < -0.4 is 4.72 Å². The van der Waals surface area contributed by atoms with Gasteiger partial charge in [0.05, 0.1) is 11.9 Å². The molecule has 0 amide bonds. The van der Waals surface area contributed by atoms with Gasteiger partial charge in [-0.15, -0.1) is 0 Å². The summed E-state index contributed by atoms with van der Waals surface area (Å²) in [6.07, 6.45) is 12.8. The molecular formula is C24H29FN2O2S. The average molecular weight is 429 g/mol. The third-order valence-electron chi connectivity index (χ3n) is 6.69. The standard InChI is InChI=1S/C24H29FN2O2S/c1-24(27-30(2,28)29)15-18-6-3-4-9-22(18)23(24)13-12-21-11-10-19(16-26-21)17-7-5-8-20(25)14-17/h5,7-8,10-14,16,18,22-23,27H,3-4,6,9,15H2,1-2H3/t18-,22-,23+,24+/m1/s1. The molecule has 2 saturated carbocycles. The van der Waals surface area contributed by atoms with Crippen molar-refractivity contribution in [2.75, 3.05) is 6.26 Å². The van der Waals surface area contributed by atoms with Crippen LogP contribution in [0.3, 0.4) is 0 Å². The molecule has 30 heavy (non-hydrogen) atoms. The van der Waals surface area contributed by atoms with Crippen molar-refractivity contribution in [2.45, 2.75) is 44.6 Å². The van der Waals surface area contributed by atoms with E-state index < -0.39 is 15.6 Å². The molecule has 4 nitrogen and oxygen atoms in total. The van der Waals surface area contributed by atoms with Crippen molar-refractivity contribution in [3.05, 3.63) is 60.2 Å². The number of hydrogen-bond acceptors (Lipinski definition) is 3. The summed E-state index contributed by atoms with van der Waals surface area (Å²) in [6.45, 7) is 2.04. The maximum absolute atomic E-state index is 13.5. The Morgan fingerprint density at radius 1 is 1.17 bits per heavy atom. The van der Waals surface area contributed by atoms with Gasteiger partial charge in [0, 0.05) is 17.3 Å². The highest BCUT2D eigenvalue weighted by Crippen LogP contribution is 2.51. The third kappa shape index (κ3) is 4.65. The van der Waals surface area contributed by atoms with Crippen molar-refractivity contribution in [3.63, 3.8) is 0 Å². The molecule has 0 radical (unpaired) electrons. The number of nitrogens with zero attached hydrogens (tertiary/aromatic N) is 1. The Morgan fingerprint density at radius 2 is 1.97 bits per heavy atom. The molecule has 0 bridgehead atoms. The van der Waals surface area contributed by atoms with E-state index in [0.717, 1.165) is 29.7 Å². The highest BCUT2D eigenvalue weighted by atomic mass is 32.2. The van der Waals surface area contributed by atoms with Crippen LogP contribution in [0.15, 0.2) is 48.7 Å². The summed E-state index contributed by atoms with van der Waals surface area (Å²) in [4.78, 5) is 4.52. The van der Waals surface area contributed by atoms with E-state index in [9.17, 15) is 12.8 Å². The topological polar surface area (TPSA) is 59.1 Å². The molecule has 2 aliphatic carbocycles. The Hall–Kier alpha value is -2.05. The van der Waals surface area contributed by atoms with Crippen molar-refractivity contribution in [1.29, 1.82) is 0 Å². The summed E-state index contributed by atoms with van der Waals surface area (Å²) >= 11 is 0. The maximum atomic E-state index is 13.5. The summed E-state index contributed by atoms with van der Waals surface area (Å²) in [5.74, 6) is 0.941. The lowest BCUT2D eigenvalue weighted by Crippen LogP contribution is -2.48. The van der Waals surface area contributed by atoms with Crippen LogP contribution in [-0.4, -0.2) is 25.2 Å². The fraction of sp³-hybridized carbons (Fsp3) is 0.458. The van der Waals surface area contributed by atoms with Crippen molar-refractivity contribution in [1.82, 2.24) is 9.71 Å². The van der Waals surface area contributed by atoms with Gasteiger partial charge in [0.25, 0.3) is 0 Å². The molecule has 1 heterocycles. The van der Waals surface area contributed by atoms with E-state index in [-0.39, 0.29) is 11.7 Å². The number of rotatable bonds is 5. The normalized spacial score (nSPS) is 29.2. The Labute approximate surface area is 178 Å². The SMILES string of the molecule is C[C@]1(NS(C)(=O)=O)C[C@H]2CCCC[C@H]2[C@@H]1C=Cc1ccc(-c2cccc(F)c2)cn1. The number of halogens is 1. The van der Waals surface area contributed by atoms with E-state index >= 15 is 0 Å². The lowest BCUT2D eigenvalue weighted by Gasteiger charge is -2.33. The summed E-state index contributed by atoms with van der Waals surface area (Å²) in [7, 11) is -3.29. The van der Waals surface area contributed by atoms with E-state index in [0.29, 0.717) is 11.8 Å². The Morgan fingerprint density at radius 3 is 2.67 bits per heavy atom. The summed E-state index contributed by atoms with van der Waals surface area (Å²) in [5, 5.41) is 0. The van der Waals surface area contributed by atoms with Crippen LogP contribution in [0.2, 0.25) is 0 Å². The largest absolute Gasteiger partial charge is 0.256 e. The molecule has 0 aliphatic heterocycles. The zero-order valence-electron chi connectivity index (χ0n) is 17.5. The number of aromatic nitrogens is 1. The molecule has 2 aliphatic rings. The molecule has 2 fully saturated rings. The van der Waals surface area contributed by atoms with E-state index in [4.69, 9.17) is 0 Å². The maximum Gasteiger partial charge on any atom is 0.209 e. The van der Waals surface area contributed by atoms with Crippen molar-refractivity contribution in [2.24, 2.45) is 17.8 Å². The van der Waals surface area contributed by atoms with Crippen molar-refractivity contribution < 1.29 is 12.8 Å². The van der Waals surface area contributed by atoms with Gasteiger partial charge in [-0.1, -0.05) is 43.5 Å². The second-order valence-electron chi connectivity index (χ2n) is 9.07.